The summed E-state index contributed by atoms with van der Waals surface area (Å²) in [6.45, 7) is 13.0. The SMILES string of the molecule is CCCCCCCCCCCCCCNC(=O)CCN(CCC)CCCCNCCCC. The number of unbranched alkanes of at least 4 members (excludes halogenated alkanes) is 13. The molecule has 0 aromatic rings. The van der Waals surface area contributed by atoms with Crippen molar-refractivity contribution in [1.29, 1.82) is 0 Å². The average Bonchev–Trinajstić information content (AvgIpc) is 2.79. The van der Waals surface area contributed by atoms with Crippen LogP contribution in [0.3, 0.4) is 0 Å². The van der Waals surface area contributed by atoms with Crippen molar-refractivity contribution in [2.45, 2.75) is 136 Å². The fraction of sp³-hybridized carbons (Fsp3) is 0.964. The zero-order valence-corrected chi connectivity index (χ0v) is 22.3. The van der Waals surface area contributed by atoms with Gasteiger partial charge in [-0.2, -0.15) is 0 Å². The van der Waals surface area contributed by atoms with Crippen molar-refractivity contribution in [2.75, 3.05) is 39.3 Å². The van der Waals surface area contributed by atoms with Crippen molar-refractivity contribution in [2.24, 2.45) is 0 Å². The van der Waals surface area contributed by atoms with Gasteiger partial charge in [0.15, 0.2) is 0 Å². The van der Waals surface area contributed by atoms with Crippen molar-refractivity contribution in [3.05, 3.63) is 0 Å². The van der Waals surface area contributed by atoms with Gasteiger partial charge in [-0.15, -0.1) is 0 Å². The highest BCUT2D eigenvalue weighted by molar-refractivity contribution is 5.75. The van der Waals surface area contributed by atoms with Crippen LogP contribution < -0.4 is 10.6 Å². The van der Waals surface area contributed by atoms with Crippen LogP contribution in [-0.4, -0.2) is 50.1 Å². The second-order valence-corrected chi connectivity index (χ2v) is 9.64. The van der Waals surface area contributed by atoms with E-state index in [0.717, 1.165) is 52.1 Å². The van der Waals surface area contributed by atoms with Crippen LogP contribution in [0.5, 0.6) is 0 Å². The van der Waals surface area contributed by atoms with Crippen molar-refractivity contribution in [1.82, 2.24) is 15.5 Å². The van der Waals surface area contributed by atoms with E-state index in [1.54, 1.807) is 0 Å². The normalized spacial score (nSPS) is 11.4. The zero-order valence-electron chi connectivity index (χ0n) is 22.3. The lowest BCUT2D eigenvalue weighted by molar-refractivity contribution is -0.121. The molecular weight excluding hydrogens is 394 g/mol. The molecule has 192 valence electrons. The Morgan fingerprint density at radius 3 is 1.66 bits per heavy atom. The van der Waals surface area contributed by atoms with Gasteiger partial charge in [-0.05, 0) is 58.3 Å². The minimum Gasteiger partial charge on any atom is -0.356 e. The van der Waals surface area contributed by atoms with Gasteiger partial charge >= 0.3 is 0 Å². The first-order valence-electron chi connectivity index (χ1n) is 14.4. The minimum absolute atomic E-state index is 0.232. The van der Waals surface area contributed by atoms with Crippen molar-refractivity contribution in [3.8, 4) is 0 Å². The molecule has 0 radical (unpaired) electrons. The molecule has 0 saturated heterocycles. The summed E-state index contributed by atoms with van der Waals surface area (Å²) in [7, 11) is 0. The third kappa shape index (κ3) is 24.0. The summed E-state index contributed by atoms with van der Waals surface area (Å²) in [5.74, 6) is 0.232. The second kappa shape index (κ2) is 26.6. The summed E-state index contributed by atoms with van der Waals surface area (Å²) in [6, 6.07) is 0. The maximum atomic E-state index is 12.2. The van der Waals surface area contributed by atoms with Gasteiger partial charge in [-0.3, -0.25) is 4.79 Å². The predicted molar refractivity (Wildman–Crippen MR) is 142 cm³/mol. The van der Waals surface area contributed by atoms with Crippen LogP contribution in [0, 0.1) is 0 Å². The largest absolute Gasteiger partial charge is 0.356 e. The van der Waals surface area contributed by atoms with Crippen LogP contribution in [0.2, 0.25) is 0 Å². The fourth-order valence-electron chi connectivity index (χ4n) is 4.21. The number of nitrogens with zero attached hydrogens (tertiary/aromatic N) is 1. The molecule has 0 rings (SSSR count). The zero-order chi connectivity index (χ0) is 23.5. The van der Waals surface area contributed by atoms with E-state index in [1.165, 1.54) is 96.3 Å². The Morgan fingerprint density at radius 1 is 0.531 bits per heavy atom. The van der Waals surface area contributed by atoms with E-state index in [0.29, 0.717) is 6.42 Å². The molecule has 0 aliphatic heterocycles. The molecular formula is C28H59N3O. The lowest BCUT2D eigenvalue weighted by Crippen LogP contribution is -2.32. The maximum absolute atomic E-state index is 12.2. The van der Waals surface area contributed by atoms with Gasteiger partial charge in [-0.25, -0.2) is 0 Å². The Balaban J connectivity index is 3.50. The van der Waals surface area contributed by atoms with E-state index < -0.39 is 0 Å². The first-order chi connectivity index (χ1) is 15.7. The number of carbonyl (C=O) groups is 1. The Morgan fingerprint density at radius 2 is 1.06 bits per heavy atom. The Kier molecular flexibility index (Phi) is 26.1. The summed E-state index contributed by atoms with van der Waals surface area (Å²) < 4.78 is 0. The lowest BCUT2D eigenvalue weighted by atomic mass is 10.1. The van der Waals surface area contributed by atoms with Crippen molar-refractivity contribution in [3.63, 3.8) is 0 Å². The van der Waals surface area contributed by atoms with Gasteiger partial charge in [0.05, 0.1) is 0 Å². The number of carbonyl (C=O) groups excluding carboxylic acids is 1. The maximum Gasteiger partial charge on any atom is 0.221 e. The van der Waals surface area contributed by atoms with Gasteiger partial charge in [0.1, 0.15) is 0 Å². The molecule has 32 heavy (non-hydrogen) atoms. The van der Waals surface area contributed by atoms with Crippen LogP contribution in [-0.2, 0) is 4.79 Å². The van der Waals surface area contributed by atoms with E-state index in [-0.39, 0.29) is 5.91 Å². The summed E-state index contributed by atoms with van der Waals surface area (Å²) in [6.07, 6.45) is 23.1. The van der Waals surface area contributed by atoms with Gasteiger partial charge in [0, 0.05) is 19.5 Å². The van der Waals surface area contributed by atoms with Gasteiger partial charge in [0.25, 0.3) is 0 Å². The van der Waals surface area contributed by atoms with Crippen LogP contribution in [0.4, 0.5) is 0 Å². The number of rotatable bonds is 26. The first-order valence-corrected chi connectivity index (χ1v) is 14.4. The lowest BCUT2D eigenvalue weighted by Gasteiger charge is -2.21. The molecule has 0 saturated carbocycles. The molecule has 1 amide bonds. The summed E-state index contributed by atoms with van der Waals surface area (Å²) in [5, 5.41) is 6.65. The summed E-state index contributed by atoms with van der Waals surface area (Å²) >= 11 is 0. The van der Waals surface area contributed by atoms with Gasteiger partial charge in [0.2, 0.25) is 5.91 Å². The molecule has 0 spiro atoms. The first kappa shape index (κ1) is 31.4. The van der Waals surface area contributed by atoms with Gasteiger partial charge in [-0.1, -0.05) is 97.8 Å². The second-order valence-electron chi connectivity index (χ2n) is 9.64. The highest BCUT2D eigenvalue weighted by atomic mass is 16.1. The van der Waals surface area contributed by atoms with Crippen LogP contribution in [0.15, 0.2) is 0 Å². The van der Waals surface area contributed by atoms with E-state index in [9.17, 15) is 4.79 Å². The molecule has 0 aliphatic carbocycles. The third-order valence-electron chi connectivity index (χ3n) is 6.33. The smallest absolute Gasteiger partial charge is 0.221 e. The standard InChI is InChI=1S/C28H59N3O/c1-4-7-9-10-11-12-13-14-15-16-17-18-24-30-28(32)21-27-31(25-6-3)26-20-19-23-29-22-8-5-2/h29H,4-27H2,1-3H3,(H,30,32). The Bertz CT molecular complexity index is 376. The van der Waals surface area contributed by atoms with E-state index >= 15 is 0 Å². The number of nitrogens with one attached hydrogen (secondary N) is 2. The number of amides is 1. The Labute approximate surface area is 202 Å². The van der Waals surface area contributed by atoms with E-state index in [1.807, 2.05) is 0 Å². The molecule has 0 unspecified atom stereocenters. The average molecular weight is 454 g/mol. The van der Waals surface area contributed by atoms with Crippen molar-refractivity contribution < 1.29 is 4.79 Å². The molecule has 4 nitrogen and oxygen atoms in total. The van der Waals surface area contributed by atoms with Crippen molar-refractivity contribution >= 4 is 5.91 Å². The predicted octanol–water partition coefficient (Wildman–Crippen LogP) is 7.08. The van der Waals surface area contributed by atoms with Gasteiger partial charge < -0.3 is 15.5 Å². The topological polar surface area (TPSA) is 44.4 Å². The highest BCUT2D eigenvalue weighted by Gasteiger charge is 2.07. The molecule has 0 bridgehead atoms. The molecule has 0 aliphatic rings. The molecule has 0 atom stereocenters. The third-order valence-corrected chi connectivity index (χ3v) is 6.33. The molecule has 0 fully saturated rings. The van der Waals surface area contributed by atoms with E-state index in [2.05, 4.69) is 36.3 Å². The molecule has 0 aromatic carbocycles. The summed E-state index contributed by atoms with van der Waals surface area (Å²) in [4.78, 5) is 14.6. The number of hydrogen-bond donors (Lipinski definition) is 2. The van der Waals surface area contributed by atoms with Crippen LogP contribution in [0.25, 0.3) is 0 Å². The van der Waals surface area contributed by atoms with E-state index in [4.69, 9.17) is 0 Å². The molecule has 0 heterocycles. The molecule has 4 heteroatoms. The fourth-order valence-corrected chi connectivity index (χ4v) is 4.21. The summed E-state index contributed by atoms with van der Waals surface area (Å²) in [5.41, 5.74) is 0. The Hall–Kier alpha value is -0.610. The molecule has 2 N–H and O–H groups in total. The van der Waals surface area contributed by atoms with Crippen LogP contribution >= 0.6 is 0 Å². The number of hydrogen-bond acceptors (Lipinski definition) is 3. The molecule has 0 aromatic heterocycles. The van der Waals surface area contributed by atoms with Crippen LogP contribution in [0.1, 0.15) is 136 Å². The highest BCUT2D eigenvalue weighted by Crippen LogP contribution is 2.11. The quantitative estimate of drug-likeness (QED) is 0.138. The monoisotopic (exact) mass is 453 g/mol. The minimum atomic E-state index is 0.232.